The lowest BCUT2D eigenvalue weighted by Crippen LogP contribution is -2.59. The molecule has 0 aliphatic carbocycles. The number of unbranched alkanes of at least 4 members (excludes halogenated alkanes) is 8. The van der Waals surface area contributed by atoms with Crippen molar-refractivity contribution in [2.45, 2.75) is 179 Å². The summed E-state index contributed by atoms with van der Waals surface area (Å²) in [5.41, 5.74) is 0. The van der Waals surface area contributed by atoms with Crippen molar-refractivity contribution in [1.82, 2.24) is 0 Å². The van der Waals surface area contributed by atoms with E-state index in [1.54, 1.807) is 0 Å². The Hall–Kier alpha value is -3.38. The number of hydrogen-bond acceptors (Lipinski definition) is 10. The fourth-order valence-corrected chi connectivity index (χ4v) is 5.99. The van der Waals surface area contributed by atoms with Crippen LogP contribution in [0.1, 0.15) is 142 Å². The fraction of sp³-hybridized carbons (Fsp3) is 0.633. The van der Waals surface area contributed by atoms with Crippen molar-refractivity contribution in [2.24, 2.45) is 0 Å². The van der Waals surface area contributed by atoms with E-state index in [1.165, 1.54) is 0 Å². The molecule has 0 aromatic rings. The molecule has 4 N–H and O–H groups in total. The molecule has 1 heterocycles. The van der Waals surface area contributed by atoms with Crippen molar-refractivity contribution < 1.29 is 49.0 Å². The largest absolute Gasteiger partial charge is 0.462 e. The number of carbonyl (C=O) groups excluding carboxylic acids is 2. The number of rotatable bonds is 35. The number of allylic oxidation sites excluding steroid dienone is 16. The molecule has 0 aromatic carbocycles. The standard InChI is InChI=1S/C49H78O10/c1-3-5-7-9-11-13-15-17-19-20-21-22-24-26-28-30-32-34-36-38-45(52)58-42(41-57-49-48(55)47(54)46(53)43(39-50)59-49)40-56-44(51)37-35-33-31-29-27-25-23-18-16-14-12-10-8-6-4-2/h5-8,11-14,17-19,21-23,27,29,42-43,46-50,53-55H,3-4,9-10,15-16,20,24-26,28,30-41H2,1-2H3/b7-5-,8-6-,13-11-,14-12-,19-17-,22-21-,23-18-,29-27-. The minimum atomic E-state index is -1.61. The second-order valence-corrected chi connectivity index (χ2v) is 14.7. The summed E-state index contributed by atoms with van der Waals surface area (Å²) >= 11 is 0. The van der Waals surface area contributed by atoms with E-state index in [0.29, 0.717) is 12.8 Å². The van der Waals surface area contributed by atoms with Gasteiger partial charge in [0.2, 0.25) is 0 Å². The van der Waals surface area contributed by atoms with Gasteiger partial charge in [0.25, 0.3) is 0 Å². The minimum Gasteiger partial charge on any atom is -0.462 e. The Morgan fingerprint density at radius 3 is 1.46 bits per heavy atom. The average Bonchev–Trinajstić information content (AvgIpc) is 3.23. The molecule has 10 nitrogen and oxygen atoms in total. The van der Waals surface area contributed by atoms with Gasteiger partial charge >= 0.3 is 11.9 Å². The molecular formula is C49H78O10. The summed E-state index contributed by atoms with van der Waals surface area (Å²) in [6, 6.07) is 0. The van der Waals surface area contributed by atoms with Gasteiger partial charge in [0.1, 0.15) is 31.0 Å². The van der Waals surface area contributed by atoms with Crippen molar-refractivity contribution in [3.63, 3.8) is 0 Å². The van der Waals surface area contributed by atoms with Crippen molar-refractivity contribution in [1.29, 1.82) is 0 Å². The molecule has 0 radical (unpaired) electrons. The molecule has 6 atom stereocenters. The molecule has 10 heteroatoms. The summed E-state index contributed by atoms with van der Waals surface area (Å²) in [5.74, 6) is -0.883. The second-order valence-electron chi connectivity index (χ2n) is 14.7. The molecule has 59 heavy (non-hydrogen) atoms. The van der Waals surface area contributed by atoms with E-state index in [4.69, 9.17) is 18.9 Å². The lowest BCUT2D eigenvalue weighted by Gasteiger charge is -2.39. The van der Waals surface area contributed by atoms with E-state index in [1.807, 2.05) is 0 Å². The number of hydrogen-bond donors (Lipinski definition) is 4. The molecule has 334 valence electrons. The molecule has 1 aliphatic heterocycles. The molecule has 1 fully saturated rings. The molecule has 0 saturated carbocycles. The highest BCUT2D eigenvalue weighted by molar-refractivity contribution is 5.70. The van der Waals surface area contributed by atoms with Gasteiger partial charge in [-0.25, -0.2) is 0 Å². The fourth-order valence-electron chi connectivity index (χ4n) is 5.99. The second kappa shape index (κ2) is 38.8. The van der Waals surface area contributed by atoms with Gasteiger partial charge in [-0.2, -0.15) is 0 Å². The van der Waals surface area contributed by atoms with Gasteiger partial charge < -0.3 is 39.4 Å². The lowest BCUT2D eigenvalue weighted by atomic mass is 9.99. The van der Waals surface area contributed by atoms with Crippen LogP contribution in [0.5, 0.6) is 0 Å². The Morgan fingerprint density at radius 1 is 0.525 bits per heavy atom. The van der Waals surface area contributed by atoms with E-state index < -0.39 is 55.4 Å². The van der Waals surface area contributed by atoms with E-state index in [0.717, 1.165) is 103 Å². The van der Waals surface area contributed by atoms with Crippen LogP contribution in [0.15, 0.2) is 97.2 Å². The zero-order valence-corrected chi connectivity index (χ0v) is 36.2. The maximum absolute atomic E-state index is 12.8. The number of esters is 2. The first-order valence-electron chi connectivity index (χ1n) is 22.3. The Labute approximate surface area is 356 Å². The third-order valence-electron chi connectivity index (χ3n) is 9.46. The van der Waals surface area contributed by atoms with E-state index in [9.17, 15) is 30.0 Å². The van der Waals surface area contributed by atoms with Gasteiger partial charge in [-0.1, -0.05) is 137 Å². The van der Waals surface area contributed by atoms with E-state index in [2.05, 4.69) is 111 Å². The maximum atomic E-state index is 12.8. The normalized spacial score (nSPS) is 20.9. The molecular weight excluding hydrogens is 749 g/mol. The average molecular weight is 827 g/mol. The van der Waals surface area contributed by atoms with Crippen LogP contribution in [0.25, 0.3) is 0 Å². The first kappa shape index (κ1) is 53.6. The third kappa shape index (κ3) is 30.3. The number of carbonyl (C=O) groups is 2. The summed E-state index contributed by atoms with van der Waals surface area (Å²) in [5, 5.41) is 40.1. The molecule has 1 rings (SSSR count). The van der Waals surface area contributed by atoms with Gasteiger partial charge in [-0.15, -0.1) is 0 Å². The van der Waals surface area contributed by atoms with Crippen LogP contribution < -0.4 is 0 Å². The predicted molar refractivity (Wildman–Crippen MR) is 237 cm³/mol. The first-order chi connectivity index (χ1) is 28.8. The van der Waals surface area contributed by atoms with E-state index in [-0.39, 0.29) is 26.1 Å². The third-order valence-corrected chi connectivity index (χ3v) is 9.46. The highest BCUT2D eigenvalue weighted by Gasteiger charge is 2.44. The molecule has 0 amide bonds. The Kier molecular flexibility index (Phi) is 35.3. The summed E-state index contributed by atoms with van der Waals surface area (Å²) in [7, 11) is 0. The summed E-state index contributed by atoms with van der Waals surface area (Å²) in [6.45, 7) is 3.11. The molecule has 1 aliphatic rings. The van der Waals surface area contributed by atoms with E-state index >= 15 is 0 Å². The van der Waals surface area contributed by atoms with Crippen LogP contribution in [0, 0.1) is 0 Å². The van der Waals surface area contributed by atoms with Crippen molar-refractivity contribution in [3.8, 4) is 0 Å². The predicted octanol–water partition coefficient (Wildman–Crippen LogP) is 9.55. The smallest absolute Gasteiger partial charge is 0.306 e. The number of aliphatic hydroxyl groups excluding tert-OH is 4. The molecule has 0 spiro atoms. The summed E-state index contributed by atoms with van der Waals surface area (Å²) in [6.07, 6.45) is 44.1. The van der Waals surface area contributed by atoms with Crippen LogP contribution in [-0.2, 0) is 28.5 Å². The Bertz CT molecular complexity index is 1280. The summed E-state index contributed by atoms with van der Waals surface area (Å²) in [4.78, 5) is 25.3. The topological polar surface area (TPSA) is 152 Å². The van der Waals surface area contributed by atoms with Crippen molar-refractivity contribution >= 4 is 11.9 Å². The number of aliphatic hydroxyl groups is 4. The van der Waals surface area contributed by atoms with Gasteiger partial charge in [-0.05, 0) is 89.9 Å². The van der Waals surface area contributed by atoms with Crippen LogP contribution in [0.3, 0.4) is 0 Å². The minimum absolute atomic E-state index is 0.198. The lowest BCUT2D eigenvalue weighted by molar-refractivity contribution is -0.305. The van der Waals surface area contributed by atoms with Gasteiger partial charge in [0, 0.05) is 12.8 Å². The van der Waals surface area contributed by atoms with Crippen molar-refractivity contribution in [3.05, 3.63) is 97.2 Å². The van der Waals surface area contributed by atoms with Gasteiger partial charge in [-0.3, -0.25) is 9.59 Å². The van der Waals surface area contributed by atoms with Gasteiger partial charge in [0.15, 0.2) is 12.4 Å². The van der Waals surface area contributed by atoms with Crippen LogP contribution >= 0.6 is 0 Å². The van der Waals surface area contributed by atoms with Crippen LogP contribution in [0.2, 0.25) is 0 Å². The highest BCUT2D eigenvalue weighted by atomic mass is 16.7. The number of ether oxygens (including phenoxy) is 4. The molecule has 6 unspecified atom stereocenters. The monoisotopic (exact) mass is 827 g/mol. The van der Waals surface area contributed by atoms with Crippen LogP contribution in [-0.4, -0.2) is 89.0 Å². The van der Waals surface area contributed by atoms with Crippen molar-refractivity contribution in [2.75, 3.05) is 19.8 Å². The zero-order valence-electron chi connectivity index (χ0n) is 36.2. The quantitative estimate of drug-likeness (QED) is 0.0276. The Morgan fingerprint density at radius 2 is 0.949 bits per heavy atom. The molecule has 1 saturated heterocycles. The Balaban J connectivity index is 2.38. The molecule has 0 bridgehead atoms. The highest BCUT2D eigenvalue weighted by Crippen LogP contribution is 2.22. The SMILES string of the molecule is CC/C=C\C/C=C\C/C=C\C/C=C\CCCCCCCCC(=O)OC(COC(=O)CCCC/C=C\C/C=C\C/C=C\C/C=C\CC)COC1OC(CO)C(O)C(O)C1O. The van der Waals surface area contributed by atoms with Gasteiger partial charge in [0.05, 0.1) is 13.2 Å². The first-order valence-corrected chi connectivity index (χ1v) is 22.3. The summed E-state index contributed by atoms with van der Waals surface area (Å²) < 4.78 is 22.1. The maximum Gasteiger partial charge on any atom is 0.306 e. The van der Waals surface area contributed by atoms with Crippen LogP contribution in [0.4, 0.5) is 0 Å². The molecule has 0 aromatic heterocycles. The zero-order chi connectivity index (χ0) is 43.0.